The molecule has 0 amide bonds. The minimum Gasteiger partial charge on any atom is -0.325 e. The van der Waals surface area contributed by atoms with E-state index in [2.05, 4.69) is 0 Å². The summed E-state index contributed by atoms with van der Waals surface area (Å²) in [5.41, 5.74) is 8.67. The summed E-state index contributed by atoms with van der Waals surface area (Å²) in [5, 5.41) is 0. The van der Waals surface area contributed by atoms with Crippen LogP contribution in [0.15, 0.2) is 18.2 Å². The fourth-order valence-corrected chi connectivity index (χ4v) is 3.00. The highest BCUT2D eigenvalue weighted by Crippen LogP contribution is 2.28. The van der Waals surface area contributed by atoms with Gasteiger partial charge in [0.05, 0.1) is 0 Å². The van der Waals surface area contributed by atoms with E-state index in [1.54, 1.807) is 6.07 Å². The largest absolute Gasteiger partial charge is 0.325 e. The molecule has 1 saturated carbocycles. The van der Waals surface area contributed by atoms with Gasteiger partial charge in [0.15, 0.2) is 0 Å². The first-order valence-corrected chi connectivity index (χ1v) is 7.13. The number of hydrogen-bond acceptors (Lipinski definition) is 1. The fraction of sp³-hybridized carbons (Fsp3) is 0.625. The SMILES string of the molecule is Cc1ccc(F)cc1CC1(N)CCCCCCC1. The molecule has 1 aliphatic rings. The fourth-order valence-electron chi connectivity index (χ4n) is 3.00. The normalized spacial score (nSPS) is 20.2. The average molecular weight is 249 g/mol. The van der Waals surface area contributed by atoms with Gasteiger partial charge in [-0.3, -0.25) is 0 Å². The molecule has 100 valence electrons. The molecule has 2 rings (SSSR count). The molecule has 0 aliphatic heterocycles. The number of nitrogens with two attached hydrogens (primary N) is 1. The summed E-state index contributed by atoms with van der Waals surface area (Å²) >= 11 is 0. The van der Waals surface area contributed by atoms with E-state index in [1.165, 1.54) is 38.2 Å². The molecular weight excluding hydrogens is 225 g/mol. The highest BCUT2D eigenvalue weighted by molar-refractivity contribution is 5.28. The van der Waals surface area contributed by atoms with Gasteiger partial charge in [0.25, 0.3) is 0 Å². The number of aryl methyl sites for hydroxylation is 1. The molecule has 0 atom stereocenters. The number of halogens is 1. The van der Waals surface area contributed by atoms with Gasteiger partial charge in [0, 0.05) is 5.54 Å². The van der Waals surface area contributed by atoms with Crippen LogP contribution in [0, 0.1) is 12.7 Å². The lowest BCUT2D eigenvalue weighted by Crippen LogP contribution is -2.42. The quantitative estimate of drug-likeness (QED) is 0.838. The first-order valence-electron chi connectivity index (χ1n) is 7.13. The molecule has 1 aromatic carbocycles. The van der Waals surface area contributed by atoms with Crippen LogP contribution >= 0.6 is 0 Å². The lowest BCUT2D eigenvalue weighted by Gasteiger charge is -2.32. The Balaban J connectivity index is 2.11. The van der Waals surface area contributed by atoms with Crippen LogP contribution in [0.5, 0.6) is 0 Å². The van der Waals surface area contributed by atoms with E-state index in [0.29, 0.717) is 0 Å². The standard InChI is InChI=1S/C16H24FN/c1-13-7-8-15(17)11-14(13)12-16(18)9-5-3-2-4-6-10-16/h7-8,11H,2-6,9-10,12,18H2,1H3. The topological polar surface area (TPSA) is 26.0 Å². The highest BCUT2D eigenvalue weighted by Gasteiger charge is 2.26. The van der Waals surface area contributed by atoms with Gasteiger partial charge in [0.2, 0.25) is 0 Å². The Morgan fingerprint density at radius 2 is 1.72 bits per heavy atom. The Bertz CT molecular complexity index is 392. The molecule has 0 unspecified atom stereocenters. The van der Waals surface area contributed by atoms with Crippen molar-refractivity contribution in [2.24, 2.45) is 5.73 Å². The van der Waals surface area contributed by atoms with Crippen molar-refractivity contribution in [3.05, 3.63) is 35.1 Å². The minimum atomic E-state index is -0.148. The second kappa shape index (κ2) is 5.83. The zero-order valence-electron chi connectivity index (χ0n) is 11.3. The lowest BCUT2D eigenvalue weighted by atomic mass is 9.79. The van der Waals surface area contributed by atoms with Crippen molar-refractivity contribution in [1.29, 1.82) is 0 Å². The van der Waals surface area contributed by atoms with Gasteiger partial charge < -0.3 is 5.73 Å². The molecule has 2 N–H and O–H groups in total. The molecule has 1 fully saturated rings. The Morgan fingerprint density at radius 3 is 2.39 bits per heavy atom. The van der Waals surface area contributed by atoms with Crippen LogP contribution in [0.3, 0.4) is 0 Å². The summed E-state index contributed by atoms with van der Waals surface area (Å²) in [6.07, 6.45) is 9.31. The molecule has 2 heteroatoms. The molecule has 0 radical (unpaired) electrons. The van der Waals surface area contributed by atoms with E-state index in [9.17, 15) is 4.39 Å². The van der Waals surface area contributed by atoms with Gasteiger partial charge >= 0.3 is 0 Å². The third-order valence-corrected chi connectivity index (χ3v) is 4.20. The molecule has 1 aromatic rings. The van der Waals surface area contributed by atoms with E-state index in [1.807, 2.05) is 13.0 Å². The summed E-state index contributed by atoms with van der Waals surface area (Å²) in [6.45, 7) is 2.04. The monoisotopic (exact) mass is 249 g/mol. The molecule has 0 saturated heterocycles. The van der Waals surface area contributed by atoms with Gasteiger partial charge in [-0.25, -0.2) is 4.39 Å². The molecule has 1 aliphatic carbocycles. The summed E-state index contributed by atoms with van der Waals surface area (Å²) in [5.74, 6) is -0.148. The van der Waals surface area contributed by atoms with Crippen LogP contribution in [0.4, 0.5) is 4.39 Å². The Hall–Kier alpha value is -0.890. The van der Waals surface area contributed by atoms with Crippen LogP contribution in [0.2, 0.25) is 0 Å². The van der Waals surface area contributed by atoms with E-state index < -0.39 is 0 Å². The van der Waals surface area contributed by atoms with E-state index in [0.717, 1.165) is 30.4 Å². The second-order valence-corrected chi connectivity index (χ2v) is 5.88. The summed E-state index contributed by atoms with van der Waals surface area (Å²) < 4.78 is 13.3. The maximum atomic E-state index is 13.3. The summed E-state index contributed by atoms with van der Waals surface area (Å²) in [4.78, 5) is 0. The van der Waals surface area contributed by atoms with Crippen molar-refractivity contribution in [1.82, 2.24) is 0 Å². The highest BCUT2D eigenvalue weighted by atomic mass is 19.1. The maximum absolute atomic E-state index is 13.3. The molecule has 1 nitrogen and oxygen atoms in total. The van der Waals surface area contributed by atoms with Crippen LogP contribution in [-0.4, -0.2) is 5.54 Å². The molecule has 18 heavy (non-hydrogen) atoms. The van der Waals surface area contributed by atoms with Crippen molar-refractivity contribution < 1.29 is 4.39 Å². The maximum Gasteiger partial charge on any atom is 0.123 e. The number of rotatable bonds is 2. The third kappa shape index (κ3) is 3.55. The van der Waals surface area contributed by atoms with Crippen molar-refractivity contribution >= 4 is 0 Å². The predicted octanol–water partition coefficient (Wildman–Crippen LogP) is 4.12. The van der Waals surface area contributed by atoms with Gasteiger partial charge in [0.1, 0.15) is 5.82 Å². The lowest BCUT2D eigenvalue weighted by molar-refractivity contribution is 0.314. The molecular formula is C16H24FN. The van der Waals surface area contributed by atoms with E-state index in [4.69, 9.17) is 5.73 Å². The Labute approximate surface area is 110 Å². The van der Waals surface area contributed by atoms with Crippen LogP contribution in [0.25, 0.3) is 0 Å². The van der Waals surface area contributed by atoms with E-state index >= 15 is 0 Å². The van der Waals surface area contributed by atoms with Crippen molar-refractivity contribution in [3.8, 4) is 0 Å². The van der Waals surface area contributed by atoms with Gasteiger partial charge in [-0.1, -0.05) is 38.2 Å². The second-order valence-electron chi connectivity index (χ2n) is 5.88. The number of hydrogen-bond donors (Lipinski definition) is 1. The van der Waals surface area contributed by atoms with Crippen molar-refractivity contribution in [2.75, 3.05) is 0 Å². The predicted molar refractivity (Wildman–Crippen MR) is 74.1 cm³/mol. The van der Waals surface area contributed by atoms with Crippen molar-refractivity contribution in [2.45, 2.75) is 63.8 Å². The Kier molecular flexibility index (Phi) is 4.39. The van der Waals surface area contributed by atoms with Gasteiger partial charge in [-0.2, -0.15) is 0 Å². The Morgan fingerprint density at radius 1 is 1.11 bits per heavy atom. The van der Waals surface area contributed by atoms with Gasteiger partial charge in [-0.15, -0.1) is 0 Å². The smallest absolute Gasteiger partial charge is 0.123 e. The molecule has 0 spiro atoms. The first-order chi connectivity index (χ1) is 8.59. The first kappa shape index (κ1) is 13.5. The summed E-state index contributed by atoms with van der Waals surface area (Å²) in [6, 6.07) is 5.04. The van der Waals surface area contributed by atoms with Crippen molar-refractivity contribution in [3.63, 3.8) is 0 Å². The van der Waals surface area contributed by atoms with E-state index in [-0.39, 0.29) is 11.4 Å². The summed E-state index contributed by atoms with van der Waals surface area (Å²) in [7, 11) is 0. The zero-order chi connectivity index (χ0) is 13.0. The van der Waals surface area contributed by atoms with Gasteiger partial charge in [-0.05, 0) is 49.4 Å². The van der Waals surface area contributed by atoms with Crippen LogP contribution < -0.4 is 5.73 Å². The third-order valence-electron chi connectivity index (χ3n) is 4.20. The molecule has 0 heterocycles. The minimum absolute atomic E-state index is 0.126. The molecule has 0 aromatic heterocycles. The molecule has 0 bridgehead atoms. The zero-order valence-corrected chi connectivity index (χ0v) is 11.3. The van der Waals surface area contributed by atoms with Crippen LogP contribution in [-0.2, 0) is 6.42 Å². The van der Waals surface area contributed by atoms with Crippen LogP contribution in [0.1, 0.15) is 56.1 Å². The number of benzene rings is 1. The average Bonchev–Trinajstić information content (AvgIpc) is 2.30.